The van der Waals surface area contributed by atoms with Gasteiger partial charge in [0, 0.05) is 32.1 Å². The summed E-state index contributed by atoms with van der Waals surface area (Å²) in [5.41, 5.74) is 2.30. The van der Waals surface area contributed by atoms with Crippen molar-refractivity contribution in [2.45, 2.75) is 32.9 Å². The van der Waals surface area contributed by atoms with Crippen LogP contribution in [0.25, 0.3) is 0 Å². The standard InChI is InChI=1S/C17H25N3O2/c1-12-4-6-14(7-5-12)10-20-11-15(8-16(20)21)17(22)19-9-13(2)18-3/h4-7,13,15,18H,8-11H2,1-3H3,(H,19,22). The summed E-state index contributed by atoms with van der Waals surface area (Å²) < 4.78 is 0. The van der Waals surface area contributed by atoms with Crippen LogP contribution in [0.2, 0.25) is 0 Å². The highest BCUT2D eigenvalue weighted by Gasteiger charge is 2.34. The Bertz CT molecular complexity index is 527. The SMILES string of the molecule is CNC(C)CNC(=O)C1CC(=O)N(Cc2ccc(C)cc2)C1. The Hall–Kier alpha value is -1.88. The number of likely N-dealkylation sites (N-methyl/N-ethyl adjacent to an activating group) is 1. The zero-order valence-electron chi connectivity index (χ0n) is 13.6. The highest BCUT2D eigenvalue weighted by molar-refractivity contribution is 5.89. The van der Waals surface area contributed by atoms with Gasteiger partial charge in [0.2, 0.25) is 11.8 Å². The quantitative estimate of drug-likeness (QED) is 0.826. The number of carbonyl (C=O) groups excluding carboxylic acids is 2. The first-order valence-corrected chi connectivity index (χ1v) is 7.78. The first-order valence-electron chi connectivity index (χ1n) is 7.78. The molecule has 2 rings (SSSR count). The molecule has 5 nitrogen and oxygen atoms in total. The molecule has 0 bridgehead atoms. The van der Waals surface area contributed by atoms with Crippen molar-refractivity contribution in [2.24, 2.45) is 5.92 Å². The average Bonchev–Trinajstić information content (AvgIpc) is 2.88. The van der Waals surface area contributed by atoms with Gasteiger partial charge in [-0.05, 0) is 26.5 Å². The van der Waals surface area contributed by atoms with Gasteiger partial charge in [0.1, 0.15) is 0 Å². The van der Waals surface area contributed by atoms with Crippen LogP contribution < -0.4 is 10.6 Å². The Labute approximate surface area is 132 Å². The first-order chi connectivity index (χ1) is 10.5. The molecule has 1 heterocycles. The number of benzene rings is 1. The summed E-state index contributed by atoms with van der Waals surface area (Å²) >= 11 is 0. The zero-order valence-corrected chi connectivity index (χ0v) is 13.6. The van der Waals surface area contributed by atoms with E-state index in [0.29, 0.717) is 26.1 Å². The van der Waals surface area contributed by atoms with E-state index in [1.54, 1.807) is 4.90 Å². The molecule has 1 fully saturated rings. The van der Waals surface area contributed by atoms with E-state index in [1.165, 1.54) is 5.56 Å². The fourth-order valence-electron chi connectivity index (χ4n) is 2.51. The fourth-order valence-corrected chi connectivity index (χ4v) is 2.51. The minimum absolute atomic E-state index is 0.0261. The van der Waals surface area contributed by atoms with Crippen molar-refractivity contribution in [1.29, 1.82) is 0 Å². The van der Waals surface area contributed by atoms with Crippen molar-refractivity contribution < 1.29 is 9.59 Å². The van der Waals surface area contributed by atoms with Crippen molar-refractivity contribution in [2.75, 3.05) is 20.1 Å². The maximum absolute atomic E-state index is 12.1. The topological polar surface area (TPSA) is 61.4 Å². The molecular formula is C17H25N3O2. The lowest BCUT2D eigenvalue weighted by atomic mass is 10.1. The Kier molecular flexibility index (Phi) is 5.55. The number of hydrogen-bond donors (Lipinski definition) is 2. The van der Waals surface area contributed by atoms with Crippen LogP contribution in [-0.4, -0.2) is 42.9 Å². The number of carbonyl (C=O) groups is 2. The van der Waals surface area contributed by atoms with Gasteiger partial charge >= 0.3 is 0 Å². The maximum Gasteiger partial charge on any atom is 0.225 e. The molecule has 2 unspecified atom stereocenters. The molecule has 2 amide bonds. The van der Waals surface area contributed by atoms with E-state index in [0.717, 1.165) is 5.56 Å². The lowest BCUT2D eigenvalue weighted by Gasteiger charge is -2.17. The van der Waals surface area contributed by atoms with Gasteiger partial charge < -0.3 is 15.5 Å². The van der Waals surface area contributed by atoms with Crippen LogP contribution in [-0.2, 0) is 16.1 Å². The molecule has 1 saturated heterocycles. The van der Waals surface area contributed by atoms with E-state index in [-0.39, 0.29) is 23.8 Å². The number of rotatable bonds is 6. The second-order valence-electron chi connectivity index (χ2n) is 6.10. The minimum Gasteiger partial charge on any atom is -0.354 e. The molecule has 0 aliphatic carbocycles. The molecule has 0 spiro atoms. The van der Waals surface area contributed by atoms with E-state index in [9.17, 15) is 9.59 Å². The van der Waals surface area contributed by atoms with Crippen molar-refractivity contribution in [1.82, 2.24) is 15.5 Å². The molecule has 0 saturated carbocycles. The zero-order chi connectivity index (χ0) is 16.1. The molecule has 1 aliphatic heterocycles. The van der Waals surface area contributed by atoms with Gasteiger partial charge in [-0.1, -0.05) is 29.8 Å². The molecule has 1 aromatic rings. The first kappa shape index (κ1) is 16.5. The monoisotopic (exact) mass is 303 g/mol. The summed E-state index contributed by atoms with van der Waals surface area (Å²) in [5.74, 6) is -0.203. The van der Waals surface area contributed by atoms with E-state index in [4.69, 9.17) is 0 Å². The largest absolute Gasteiger partial charge is 0.354 e. The van der Waals surface area contributed by atoms with Gasteiger partial charge in [-0.15, -0.1) is 0 Å². The lowest BCUT2D eigenvalue weighted by Crippen LogP contribution is -2.40. The van der Waals surface area contributed by atoms with Gasteiger partial charge in [-0.2, -0.15) is 0 Å². The molecule has 1 aromatic carbocycles. The maximum atomic E-state index is 12.1. The fraction of sp³-hybridized carbons (Fsp3) is 0.529. The third-order valence-corrected chi connectivity index (χ3v) is 4.15. The van der Waals surface area contributed by atoms with Crippen molar-refractivity contribution >= 4 is 11.8 Å². The van der Waals surface area contributed by atoms with Gasteiger partial charge in [-0.25, -0.2) is 0 Å². The summed E-state index contributed by atoms with van der Waals surface area (Å²) in [5, 5.41) is 5.98. The molecule has 0 radical (unpaired) electrons. The Morgan fingerprint density at radius 1 is 1.36 bits per heavy atom. The highest BCUT2D eigenvalue weighted by Crippen LogP contribution is 2.20. The van der Waals surface area contributed by atoms with Gasteiger partial charge in [0.05, 0.1) is 5.92 Å². The van der Waals surface area contributed by atoms with Crippen LogP contribution in [0, 0.1) is 12.8 Å². The number of amides is 2. The van der Waals surface area contributed by atoms with Crippen molar-refractivity contribution in [3.8, 4) is 0 Å². The average molecular weight is 303 g/mol. The summed E-state index contributed by atoms with van der Waals surface area (Å²) in [4.78, 5) is 26.0. The van der Waals surface area contributed by atoms with Crippen LogP contribution in [0.5, 0.6) is 0 Å². The lowest BCUT2D eigenvalue weighted by molar-refractivity contribution is -0.129. The molecule has 1 aliphatic rings. The second-order valence-corrected chi connectivity index (χ2v) is 6.10. The Balaban J connectivity index is 1.87. The van der Waals surface area contributed by atoms with E-state index >= 15 is 0 Å². The molecule has 120 valence electrons. The highest BCUT2D eigenvalue weighted by atomic mass is 16.2. The summed E-state index contributed by atoms with van der Waals surface area (Å²) in [6.07, 6.45) is 0.311. The second kappa shape index (κ2) is 7.40. The molecule has 2 atom stereocenters. The number of hydrogen-bond acceptors (Lipinski definition) is 3. The molecule has 5 heteroatoms. The molecule has 0 aromatic heterocycles. The number of nitrogens with one attached hydrogen (secondary N) is 2. The van der Waals surface area contributed by atoms with Crippen molar-refractivity contribution in [3.63, 3.8) is 0 Å². The number of nitrogens with zero attached hydrogens (tertiary/aromatic N) is 1. The van der Waals surface area contributed by atoms with Gasteiger partial charge in [-0.3, -0.25) is 9.59 Å². The molecular weight excluding hydrogens is 278 g/mol. The third kappa shape index (κ3) is 4.31. The number of likely N-dealkylation sites (tertiary alicyclic amines) is 1. The van der Waals surface area contributed by atoms with Gasteiger partial charge in [0.25, 0.3) is 0 Å². The smallest absolute Gasteiger partial charge is 0.225 e. The van der Waals surface area contributed by atoms with Crippen LogP contribution in [0.15, 0.2) is 24.3 Å². The van der Waals surface area contributed by atoms with Crippen LogP contribution in [0.1, 0.15) is 24.5 Å². The third-order valence-electron chi connectivity index (χ3n) is 4.15. The predicted octanol–water partition coefficient (Wildman–Crippen LogP) is 1.07. The normalized spacial score (nSPS) is 19.3. The van der Waals surface area contributed by atoms with Gasteiger partial charge in [0.15, 0.2) is 0 Å². The summed E-state index contributed by atoms with van der Waals surface area (Å²) in [7, 11) is 1.86. The van der Waals surface area contributed by atoms with Crippen LogP contribution in [0.3, 0.4) is 0 Å². The van der Waals surface area contributed by atoms with Crippen LogP contribution in [0.4, 0.5) is 0 Å². The number of aryl methyl sites for hydroxylation is 1. The van der Waals surface area contributed by atoms with E-state index < -0.39 is 0 Å². The van der Waals surface area contributed by atoms with E-state index in [1.807, 2.05) is 45.2 Å². The predicted molar refractivity (Wildman–Crippen MR) is 86.2 cm³/mol. The van der Waals surface area contributed by atoms with Crippen molar-refractivity contribution in [3.05, 3.63) is 35.4 Å². The molecule has 22 heavy (non-hydrogen) atoms. The summed E-state index contributed by atoms with van der Waals surface area (Å²) in [6, 6.07) is 8.37. The minimum atomic E-state index is -0.234. The Morgan fingerprint density at radius 2 is 2.05 bits per heavy atom. The van der Waals surface area contributed by atoms with Crippen LogP contribution >= 0.6 is 0 Å². The molecule has 2 N–H and O–H groups in total. The van der Waals surface area contributed by atoms with E-state index in [2.05, 4.69) is 10.6 Å². The Morgan fingerprint density at radius 3 is 2.68 bits per heavy atom. The summed E-state index contributed by atoms with van der Waals surface area (Å²) in [6.45, 7) is 5.71.